The van der Waals surface area contributed by atoms with Crippen LogP contribution in [0.4, 0.5) is 0 Å². The maximum atomic E-state index is 12.4. The molecule has 0 bridgehead atoms. The largest absolute Gasteiger partial charge is 0.349 e. The third-order valence-corrected chi connectivity index (χ3v) is 4.68. The summed E-state index contributed by atoms with van der Waals surface area (Å²) in [5.74, 6) is -0.106. The van der Waals surface area contributed by atoms with Crippen LogP contribution in [-0.2, 0) is 12.8 Å². The van der Waals surface area contributed by atoms with Gasteiger partial charge in [0.2, 0.25) is 0 Å². The zero-order valence-electron chi connectivity index (χ0n) is 11.4. The fourth-order valence-corrected chi connectivity index (χ4v) is 3.32. The first-order chi connectivity index (χ1) is 10.1. The van der Waals surface area contributed by atoms with E-state index in [4.69, 9.17) is 11.6 Å². The summed E-state index contributed by atoms with van der Waals surface area (Å²) in [6.07, 6.45) is 2.86. The van der Waals surface area contributed by atoms with Crippen molar-refractivity contribution < 1.29 is 4.79 Å². The van der Waals surface area contributed by atoms with Gasteiger partial charge in [-0.1, -0.05) is 51.8 Å². The van der Waals surface area contributed by atoms with Crippen molar-refractivity contribution in [2.45, 2.75) is 25.3 Å². The van der Waals surface area contributed by atoms with E-state index in [1.807, 2.05) is 12.1 Å². The molecule has 2 nitrogen and oxygen atoms in total. The highest BCUT2D eigenvalue weighted by molar-refractivity contribution is 9.10. The highest BCUT2D eigenvalue weighted by atomic mass is 79.9. The fourth-order valence-electron chi connectivity index (χ4n) is 2.76. The van der Waals surface area contributed by atoms with Crippen LogP contribution in [0.1, 0.15) is 27.9 Å². The zero-order chi connectivity index (χ0) is 14.8. The van der Waals surface area contributed by atoms with Gasteiger partial charge in [0.15, 0.2) is 0 Å². The summed E-state index contributed by atoms with van der Waals surface area (Å²) in [7, 11) is 0. The molecule has 1 amide bonds. The van der Waals surface area contributed by atoms with Crippen LogP contribution in [-0.4, -0.2) is 11.9 Å². The van der Waals surface area contributed by atoms with E-state index in [1.54, 1.807) is 12.1 Å². The highest BCUT2D eigenvalue weighted by Gasteiger charge is 2.21. The smallest absolute Gasteiger partial charge is 0.253 e. The topological polar surface area (TPSA) is 29.1 Å². The number of nitrogens with one attached hydrogen (secondary N) is 1. The van der Waals surface area contributed by atoms with Crippen LogP contribution in [0.5, 0.6) is 0 Å². The van der Waals surface area contributed by atoms with Crippen molar-refractivity contribution in [1.29, 1.82) is 0 Å². The van der Waals surface area contributed by atoms with Crippen molar-refractivity contribution in [2.24, 2.45) is 0 Å². The van der Waals surface area contributed by atoms with Crippen molar-refractivity contribution in [2.75, 3.05) is 0 Å². The SMILES string of the molecule is O=C(NC1CCc2ccccc2C1)c1cc(Br)ccc1Cl. The molecule has 2 aromatic rings. The molecule has 1 aliphatic rings. The molecule has 3 rings (SSSR count). The Balaban J connectivity index is 1.73. The summed E-state index contributed by atoms with van der Waals surface area (Å²) in [5.41, 5.74) is 3.24. The predicted molar refractivity (Wildman–Crippen MR) is 88.9 cm³/mol. The van der Waals surface area contributed by atoms with E-state index in [1.165, 1.54) is 11.1 Å². The van der Waals surface area contributed by atoms with Gasteiger partial charge in [0.05, 0.1) is 10.6 Å². The normalized spacial score (nSPS) is 17.1. The van der Waals surface area contributed by atoms with Gasteiger partial charge >= 0.3 is 0 Å². The lowest BCUT2D eigenvalue weighted by Gasteiger charge is -2.25. The first-order valence-electron chi connectivity index (χ1n) is 6.96. The average Bonchev–Trinajstić information content (AvgIpc) is 2.49. The second kappa shape index (κ2) is 6.20. The summed E-state index contributed by atoms with van der Waals surface area (Å²) in [6, 6.07) is 13.9. The lowest BCUT2D eigenvalue weighted by atomic mass is 9.88. The Kier molecular flexibility index (Phi) is 4.32. The molecule has 1 aliphatic carbocycles. The maximum absolute atomic E-state index is 12.4. The van der Waals surface area contributed by atoms with Gasteiger partial charge in [-0.3, -0.25) is 4.79 Å². The Morgan fingerprint density at radius 2 is 1.95 bits per heavy atom. The van der Waals surface area contributed by atoms with Crippen molar-refractivity contribution >= 4 is 33.4 Å². The Hall–Kier alpha value is -1.32. The van der Waals surface area contributed by atoms with E-state index in [9.17, 15) is 4.79 Å². The summed E-state index contributed by atoms with van der Waals surface area (Å²) < 4.78 is 0.853. The molecular formula is C17H15BrClNO. The van der Waals surface area contributed by atoms with Gasteiger partial charge in [0.25, 0.3) is 5.91 Å². The molecule has 21 heavy (non-hydrogen) atoms. The molecule has 0 aliphatic heterocycles. The van der Waals surface area contributed by atoms with E-state index in [-0.39, 0.29) is 11.9 Å². The van der Waals surface area contributed by atoms with Crippen molar-refractivity contribution in [3.63, 3.8) is 0 Å². The minimum absolute atomic E-state index is 0.106. The minimum atomic E-state index is -0.106. The number of halogens is 2. The molecule has 0 radical (unpaired) electrons. The summed E-state index contributed by atoms with van der Waals surface area (Å²) >= 11 is 9.48. The van der Waals surface area contributed by atoms with Gasteiger partial charge in [-0.2, -0.15) is 0 Å². The minimum Gasteiger partial charge on any atom is -0.349 e. The van der Waals surface area contributed by atoms with Crippen molar-refractivity contribution in [3.05, 3.63) is 68.7 Å². The number of benzene rings is 2. The number of carbonyl (C=O) groups is 1. The standard InChI is InChI=1S/C17H15BrClNO/c18-13-6-8-16(19)15(10-13)17(21)20-14-7-5-11-3-1-2-4-12(11)9-14/h1-4,6,8,10,14H,5,7,9H2,(H,20,21). The van der Waals surface area contributed by atoms with E-state index < -0.39 is 0 Å². The molecule has 1 N–H and O–H groups in total. The van der Waals surface area contributed by atoms with Gasteiger partial charge in [-0.25, -0.2) is 0 Å². The van der Waals surface area contributed by atoms with Crippen LogP contribution < -0.4 is 5.32 Å². The number of hydrogen-bond donors (Lipinski definition) is 1. The Morgan fingerprint density at radius 3 is 2.76 bits per heavy atom. The van der Waals surface area contributed by atoms with E-state index in [2.05, 4.69) is 39.4 Å². The van der Waals surface area contributed by atoms with Gasteiger partial charge in [0.1, 0.15) is 0 Å². The number of fused-ring (bicyclic) bond motifs is 1. The van der Waals surface area contributed by atoms with Gasteiger partial charge in [0, 0.05) is 10.5 Å². The molecule has 108 valence electrons. The summed E-state index contributed by atoms with van der Waals surface area (Å²) in [6.45, 7) is 0. The number of amides is 1. The van der Waals surface area contributed by atoms with Crippen LogP contribution in [0, 0.1) is 0 Å². The molecular weight excluding hydrogens is 350 g/mol. The Bertz CT molecular complexity index is 686. The molecule has 0 spiro atoms. The average molecular weight is 365 g/mol. The Morgan fingerprint density at radius 1 is 1.19 bits per heavy atom. The number of aryl methyl sites for hydroxylation is 1. The Labute approximate surface area is 137 Å². The third-order valence-electron chi connectivity index (χ3n) is 3.86. The fraction of sp³-hybridized carbons (Fsp3) is 0.235. The lowest BCUT2D eigenvalue weighted by molar-refractivity contribution is 0.0934. The van der Waals surface area contributed by atoms with Gasteiger partial charge in [-0.05, 0) is 48.6 Å². The van der Waals surface area contributed by atoms with Gasteiger partial charge < -0.3 is 5.32 Å². The zero-order valence-corrected chi connectivity index (χ0v) is 13.7. The first kappa shape index (κ1) is 14.6. The third kappa shape index (κ3) is 3.30. The molecule has 0 heterocycles. The van der Waals surface area contributed by atoms with Crippen LogP contribution in [0.25, 0.3) is 0 Å². The van der Waals surface area contributed by atoms with Gasteiger partial charge in [-0.15, -0.1) is 0 Å². The molecule has 1 unspecified atom stereocenters. The molecule has 2 aromatic carbocycles. The maximum Gasteiger partial charge on any atom is 0.253 e. The second-order valence-electron chi connectivity index (χ2n) is 5.31. The number of rotatable bonds is 2. The summed E-state index contributed by atoms with van der Waals surface area (Å²) in [4.78, 5) is 12.4. The monoisotopic (exact) mass is 363 g/mol. The quantitative estimate of drug-likeness (QED) is 0.841. The van der Waals surface area contributed by atoms with Crippen LogP contribution in [0.3, 0.4) is 0 Å². The van der Waals surface area contributed by atoms with E-state index >= 15 is 0 Å². The molecule has 0 fully saturated rings. The van der Waals surface area contributed by atoms with Crippen molar-refractivity contribution in [3.8, 4) is 0 Å². The first-order valence-corrected chi connectivity index (χ1v) is 8.13. The molecule has 4 heteroatoms. The van der Waals surface area contributed by atoms with Crippen molar-refractivity contribution in [1.82, 2.24) is 5.32 Å². The second-order valence-corrected chi connectivity index (χ2v) is 6.63. The van der Waals surface area contributed by atoms with Crippen LogP contribution in [0.2, 0.25) is 5.02 Å². The number of hydrogen-bond acceptors (Lipinski definition) is 1. The molecule has 0 saturated heterocycles. The van der Waals surface area contributed by atoms with Crippen LogP contribution >= 0.6 is 27.5 Å². The lowest BCUT2D eigenvalue weighted by Crippen LogP contribution is -2.38. The van der Waals surface area contributed by atoms with E-state index in [0.29, 0.717) is 10.6 Å². The molecule has 0 saturated carbocycles. The predicted octanol–water partition coefficient (Wildman–Crippen LogP) is 4.39. The molecule has 0 aromatic heterocycles. The number of carbonyl (C=O) groups excluding carboxylic acids is 1. The summed E-state index contributed by atoms with van der Waals surface area (Å²) in [5, 5.41) is 3.58. The van der Waals surface area contributed by atoms with E-state index in [0.717, 1.165) is 23.7 Å². The van der Waals surface area contributed by atoms with Crippen LogP contribution in [0.15, 0.2) is 46.9 Å². The highest BCUT2D eigenvalue weighted by Crippen LogP contribution is 2.23. The molecule has 1 atom stereocenters.